The molecule has 6 heteroatoms. The summed E-state index contributed by atoms with van der Waals surface area (Å²) in [7, 11) is 0. The van der Waals surface area contributed by atoms with Gasteiger partial charge in [-0.2, -0.15) is 5.10 Å². The van der Waals surface area contributed by atoms with Gasteiger partial charge >= 0.3 is 6.03 Å². The molecule has 0 bridgehead atoms. The average Bonchev–Trinajstić information content (AvgIpc) is 3.32. The molecule has 1 unspecified atom stereocenters. The third-order valence-electron chi connectivity index (χ3n) is 5.60. The molecule has 6 nitrogen and oxygen atoms in total. The number of piperidine rings is 1. The van der Waals surface area contributed by atoms with Gasteiger partial charge in [0.2, 0.25) is 0 Å². The molecule has 1 saturated carbocycles. The van der Waals surface area contributed by atoms with Crippen molar-refractivity contribution in [2.45, 2.75) is 64.0 Å². The lowest BCUT2D eigenvalue weighted by Gasteiger charge is -2.36. The zero-order chi connectivity index (χ0) is 17.9. The van der Waals surface area contributed by atoms with Crippen molar-refractivity contribution >= 4 is 11.8 Å². The van der Waals surface area contributed by atoms with Crippen LogP contribution in [0.3, 0.4) is 0 Å². The Morgan fingerprint density at radius 1 is 1.19 bits per heavy atom. The van der Waals surface area contributed by atoms with E-state index in [0.29, 0.717) is 6.04 Å². The summed E-state index contributed by atoms with van der Waals surface area (Å²) in [5.74, 6) is 0.829. The summed E-state index contributed by atoms with van der Waals surface area (Å²) in [6.07, 6.45) is 11.6. The number of hydrogen-bond donors (Lipinski definition) is 1. The number of carbonyl (C=O) groups is 1. The fourth-order valence-electron chi connectivity index (χ4n) is 4.31. The van der Waals surface area contributed by atoms with Crippen molar-refractivity contribution in [1.29, 1.82) is 0 Å². The molecule has 1 N–H and O–H groups in total. The molecule has 2 fully saturated rings. The second-order valence-corrected chi connectivity index (χ2v) is 7.48. The molecule has 26 heavy (non-hydrogen) atoms. The van der Waals surface area contributed by atoms with E-state index in [-0.39, 0.29) is 12.1 Å². The Bertz CT molecular complexity index is 751. The van der Waals surface area contributed by atoms with Gasteiger partial charge in [0.1, 0.15) is 5.82 Å². The summed E-state index contributed by atoms with van der Waals surface area (Å²) in [5.41, 5.74) is 2.07. The number of anilines is 1. The van der Waals surface area contributed by atoms with Crippen LogP contribution < -0.4 is 5.32 Å². The van der Waals surface area contributed by atoms with E-state index in [1.807, 2.05) is 34.8 Å². The summed E-state index contributed by atoms with van der Waals surface area (Å²) < 4.78 is 2.03. The minimum absolute atomic E-state index is 0.0299. The van der Waals surface area contributed by atoms with E-state index in [1.165, 1.54) is 12.8 Å². The van der Waals surface area contributed by atoms with E-state index in [0.717, 1.165) is 55.7 Å². The Morgan fingerprint density at radius 2 is 2.00 bits per heavy atom. The number of nitrogens with zero attached hydrogens (tertiary/aromatic N) is 4. The van der Waals surface area contributed by atoms with Gasteiger partial charge in [-0.1, -0.05) is 18.9 Å². The highest BCUT2D eigenvalue weighted by Gasteiger charge is 2.29. The zero-order valence-corrected chi connectivity index (χ0v) is 15.4. The highest BCUT2D eigenvalue weighted by molar-refractivity contribution is 5.89. The van der Waals surface area contributed by atoms with E-state index in [9.17, 15) is 4.79 Å². The second-order valence-electron chi connectivity index (χ2n) is 7.48. The van der Waals surface area contributed by atoms with Gasteiger partial charge in [-0.05, 0) is 50.7 Å². The lowest BCUT2D eigenvalue weighted by atomic mass is 9.97. The molecule has 1 atom stereocenters. The normalized spacial score (nSPS) is 21.1. The highest BCUT2D eigenvalue weighted by atomic mass is 16.2. The Labute approximate surface area is 154 Å². The summed E-state index contributed by atoms with van der Waals surface area (Å²) >= 11 is 0. The van der Waals surface area contributed by atoms with Gasteiger partial charge in [0.15, 0.2) is 0 Å². The molecule has 2 aromatic rings. The van der Waals surface area contributed by atoms with E-state index in [2.05, 4.69) is 21.5 Å². The van der Waals surface area contributed by atoms with Gasteiger partial charge in [0.05, 0.1) is 17.8 Å². The smallest absolute Gasteiger partial charge is 0.317 e. The van der Waals surface area contributed by atoms with Crippen LogP contribution >= 0.6 is 0 Å². The van der Waals surface area contributed by atoms with E-state index in [1.54, 1.807) is 6.20 Å². The predicted octanol–water partition coefficient (Wildman–Crippen LogP) is 4.46. The maximum absolute atomic E-state index is 13.1. The Morgan fingerprint density at radius 3 is 2.77 bits per heavy atom. The van der Waals surface area contributed by atoms with Gasteiger partial charge < -0.3 is 4.90 Å². The summed E-state index contributed by atoms with van der Waals surface area (Å²) in [4.78, 5) is 19.3. The molecule has 2 aromatic heterocycles. The molecular weight excluding hydrogens is 326 g/mol. The SMILES string of the molecule is Cc1cc(NC(=O)N2CCCCC2c2cccnc2)n(C2CCCC2)n1. The number of likely N-dealkylation sites (tertiary alicyclic amines) is 1. The van der Waals surface area contributed by atoms with E-state index in [4.69, 9.17) is 0 Å². The molecular formula is C20H27N5O. The standard InChI is InChI=1S/C20H27N5O/c1-15-13-19(25(23-15)17-8-2-3-9-17)22-20(26)24-12-5-4-10-18(24)16-7-6-11-21-14-16/h6-7,11,13-14,17-18H,2-5,8-10,12H2,1H3,(H,22,26). The van der Waals surface area contributed by atoms with Crippen molar-refractivity contribution < 1.29 is 4.79 Å². The Hall–Kier alpha value is -2.37. The first-order chi connectivity index (χ1) is 12.7. The molecule has 2 aliphatic rings. The lowest BCUT2D eigenvalue weighted by molar-refractivity contribution is 0.163. The summed E-state index contributed by atoms with van der Waals surface area (Å²) in [6, 6.07) is 6.47. The molecule has 3 heterocycles. The number of urea groups is 1. The van der Waals surface area contributed by atoms with Gasteiger partial charge in [-0.25, -0.2) is 9.48 Å². The maximum atomic E-state index is 13.1. The first-order valence-corrected chi connectivity index (χ1v) is 9.76. The van der Waals surface area contributed by atoms with Crippen LogP contribution in [0.5, 0.6) is 0 Å². The molecule has 1 saturated heterocycles. The second kappa shape index (κ2) is 7.48. The van der Waals surface area contributed by atoms with Crippen molar-refractivity contribution in [3.05, 3.63) is 41.9 Å². The topological polar surface area (TPSA) is 63.1 Å². The summed E-state index contributed by atoms with van der Waals surface area (Å²) in [5, 5.41) is 7.79. The van der Waals surface area contributed by atoms with Crippen molar-refractivity contribution in [3.8, 4) is 0 Å². The fraction of sp³-hybridized carbons (Fsp3) is 0.550. The van der Waals surface area contributed by atoms with Gasteiger partial charge in [0, 0.05) is 25.0 Å². The monoisotopic (exact) mass is 353 g/mol. The van der Waals surface area contributed by atoms with Gasteiger partial charge in [0.25, 0.3) is 0 Å². The van der Waals surface area contributed by atoms with E-state index >= 15 is 0 Å². The number of pyridine rings is 1. The minimum atomic E-state index is -0.0299. The van der Waals surface area contributed by atoms with Crippen molar-refractivity contribution in [2.24, 2.45) is 0 Å². The van der Waals surface area contributed by atoms with Crippen LogP contribution in [0.1, 0.15) is 68.3 Å². The largest absolute Gasteiger partial charge is 0.323 e. The Kier molecular flexibility index (Phi) is 4.91. The number of carbonyl (C=O) groups excluding carboxylic acids is 1. The number of amides is 2. The fourth-order valence-corrected chi connectivity index (χ4v) is 4.31. The average molecular weight is 353 g/mol. The van der Waals surface area contributed by atoms with Crippen LogP contribution in [0.4, 0.5) is 10.6 Å². The number of aromatic nitrogens is 3. The van der Waals surface area contributed by atoms with Crippen LogP contribution in [-0.2, 0) is 0 Å². The lowest BCUT2D eigenvalue weighted by Crippen LogP contribution is -2.41. The zero-order valence-electron chi connectivity index (χ0n) is 15.4. The van der Waals surface area contributed by atoms with Crippen LogP contribution in [0, 0.1) is 6.92 Å². The number of hydrogen-bond acceptors (Lipinski definition) is 3. The number of aryl methyl sites for hydroxylation is 1. The predicted molar refractivity (Wildman–Crippen MR) is 101 cm³/mol. The van der Waals surface area contributed by atoms with Crippen molar-refractivity contribution in [2.75, 3.05) is 11.9 Å². The molecule has 1 aliphatic heterocycles. The number of nitrogens with one attached hydrogen (secondary N) is 1. The molecule has 0 radical (unpaired) electrons. The van der Waals surface area contributed by atoms with Crippen LogP contribution in [-0.4, -0.2) is 32.2 Å². The maximum Gasteiger partial charge on any atom is 0.323 e. The number of rotatable bonds is 3. The van der Waals surface area contributed by atoms with Crippen molar-refractivity contribution in [1.82, 2.24) is 19.7 Å². The molecule has 138 valence electrons. The molecule has 4 rings (SSSR count). The minimum Gasteiger partial charge on any atom is -0.317 e. The quantitative estimate of drug-likeness (QED) is 0.886. The van der Waals surface area contributed by atoms with Crippen LogP contribution in [0.25, 0.3) is 0 Å². The van der Waals surface area contributed by atoms with Crippen LogP contribution in [0.2, 0.25) is 0 Å². The first-order valence-electron chi connectivity index (χ1n) is 9.76. The van der Waals surface area contributed by atoms with Gasteiger partial charge in [-0.15, -0.1) is 0 Å². The Balaban J connectivity index is 1.53. The van der Waals surface area contributed by atoms with Crippen molar-refractivity contribution in [3.63, 3.8) is 0 Å². The van der Waals surface area contributed by atoms with Gasteiger partial charge in [-0.3, -0.25) is 10.3 Å². The third kappa shape index (κ3) is 3.45. The molecule has 1 aliphatic carbocycles. The molecule has 0 spiro atoms. The van der Waals surface area contributed by atoms with E-state index < -0.39 is 0 Å². The third-order valence-corrected chi connectivity index (χ3v) is 5.60. The highest BCUT2D eigenvalue weighted by Crippen LogP contribution is 2.33. The summed E-state index contributed by atoms with van der Waals surface area (Å²) in [6.45, 7) is 2.77. The van der Waals surface area contributed by atoms with Crippen LogP contribution in [0.15, 0.2) is 30.6 Å². The first kappa shape index (κ1) is 17.1. The molecule has 0 aromatic carbocycles. The molecule has 2 amide bonds.